The topological polar surface area (TPSA) is 150 Å². The molecule has 1 atom stereocenters. The van der Waals surface area contributed by atoms with Gasteiger partial charge in [0, 0.05) is 26.2 Å². The predicted molar refractivity (Wildman–Crippen MR) is 125 cm³/mol. The molecule has 9 nitrogen and oxygen atoms in total. The first-order chi connectivity index (χ1) is 16.1. The zero-order chi connectivity index (χ0) is 25.0. The van der Waals surface area contributed by atoms with Crippen LogP contribution in [-0.2, 0) is 16.0 Å². The van der Waals surface area contributed by atoms with E-state index in [9.17, 15) is 29.0 Å². The summed E-state index contributed by atoms with van der Waals surface area (Å²) >= 11 is 0. The number of fused-ring (bicyclic) bond motifs is 1. The lowest BCUT2D eigenvalue weighted by Gasteiger charge is -2.43. The molecule has 1 heterocycles. The van der Waals surface area contributed by atoms with Crippen molar-refractivity contribution >= 4 is 28.6 Å². The van der Waals surface area contributed by atoms with Crippen molar-refractivity contribution in [1.82, 2.24) is 9.80 Å². The molecule has 6 N–H and O–H groups in total. The van der Waals surface area contributed by atoms with Crippen LogP contribution in [0, 0.1) is 12.7 Å². The van der Waals surface area contributed by atoms with Gasteiger partial charge in [0.25, 0.3) is 5.91 Å². The number of amides is 1. The molecular formula is C24H31FN4O5. The lowest BCUT2D eigenvalue weighted by atomic mass is 9.92. The number of hydrogen-bond donors (Lipinski definition) is 4. The molecular weight excluding hydrogens is 443 g/mol. The standard InChI is InChI=1S/C24H31FN4O5/c1-15-17(13-20(30)31)12-16-4-5-18(25)14-19(16)21(15)22(32)28-8-10-29(11-9-28)24(27,23(33)34)6-2-3-7-26/h4-5,12,14H,2-3,6-11,13,26-27H2,1H3,(H,30,31)(H,33,34)/t24-/m1/s1. The van der Waals surface area contributed by atoms with E-state index in [0.717, 1.165) is 0 Å². The summed E-state index contributed by atoms with van der Waals surface area (Å²) in [6.45, 7) is 3.11. The summed E-state index contributed by atoms with van der Waals surface area (Å²) in [5.74, 6) is -2.99. The minimum absolute atomic E-state index is 0.237. The number of halogens is 1. The summed E-state index contributed by atoms with van der Waals surface area (Å²) in [5.41, 5.74) is 11.5. The van der Waals surface area contributed by atoms with E-state index in [1.54, 1.807) is 22.8 Å². The van der Waals surface area contributed by atoms with E-state index in [2.05, 4.69) is 0 Å². The molecule has 0 spiro atoms. The molecule has 0 radical (unpaired) electrons. The van der Waals surface area contributed by atoms with Crippen molar-refractivity contribution in [2.24, 2.45) is 11.5 Å². The van der Waals surface area contributed by atoms with Crippen LogP contribution in [0.2, 0.25) is 0 Å². The van der Waals surface area contributed by atoms with Crippen molar-refractivity contribution in [3.8, 4) is 0 Å². The van der Waals surface area contributed by atoms with Crippen molar-refractivity contribution in [2.45, 2.75) is 38.3 Å². The molecule has 2 aromatic rings. The van der Waals surface area contributed by atoms with Crippen LogP contribution in [0.4, 0.5) is 4.39 Å². The quantitative estimate of drug-likeness (QED) is 0.400. The second-order valence-electron chi connectivity index (χ2n) is 8.73. The fourth-order valence-electron chi connectivity index (χ4n) is 4.56. The second-order valence-corrected chi connectivity index (χ2v) is 8.73. The molecule has 34 heavy (non-hydrogen) atoms. The summed E-state index contributed by atoms with van der Waals surface area (Å²) in [5, 5.41) is 20.0. The van der Waals surface area contributed by atoms with Crippen LogP contribution in [0.3, 0.4) is 0 Å². The minimum Gasteiger partial charge on any atom is -0.481 e. The van der Waals surface area contributed by atoms with Gasteiger partial charge in [-0.05, 0) is 66.8 Å². The number of nitrogens with zero attached hydrogens (tertiary/aromatic N) is 2. The van der Waals surface area contributed by atoms with Gasteiger partial charge in [-0.15, -0.1) is 0 Å². The van der Waals surface area contributed by atoms with E-state index in [0.29, 0.717) is 41.3 Å². The second kappa shape index (κ2) is 10.5. The monoisotopic (exact) mass is 474 g/mol. The number of nitrogens with two attached hydrogens (primary N) is 2. The fraction of sp³-hybridized carbons (Fsp3) is 0.458. The van der Waals surface area contributed by atoms with Crippen molar-refractivity contribution in [3.05, 3.63) is 46.8 Å². The Bertz CT molecular complexity index is 1100. The molecule has 0 aromatic heterocycles. The Labute approximate surface area is 197 Å². The highest BCUT2D eigenvalue weighted by atomic mass is 19.1. The Balaban J connectivity index is 1.88. The molecule has 0 bridgehead atoms. The maximum atomic E-state index is 14.0. The third-order valence-electron chi connectivity index (χ3n) is 6.54. The van der Waals surface area contributed by atoms with Crippen LogP contribution >= 0.6 is 0 Å². The van der Waals surface area contributed by atoms with Gasteiger partial charge in [0.1, 0.15) is 5.82 Å². The molecule has 10 heteroatoms. The number of carbonyl (C=O) groups is 3. The smallest absolute Gasteiger partial charge is 0.338 e. The van der Waals surface area contributed by atoms with Gasteiger partial charge in [-0.25, -0.2) is 9.18 Å². The summed E-state index contributed by atoms with van der Waals surface area (Å²) < 4.78 is 14.0. The first kappa shape index (κ1) is 25.5. The van der Waals surface area contributed by atoms with E-state index in [4.69, 9.17) is 11.5 Å². The molecule has 1 saturated heterocycles. The number of unbranched alkanes of at least 4 members (excludes halogenated alkanes) is 1. The number of aliphatic carboxylic acids is 2. The van der Waals surface area contributed by atoms with E-state index in [1.807, 2.05) is 0 Å². The molecule has 184 valence electrons. The van der Waals surface area contributed by atoms with Crippen LogP contribution in [0.15, 0.2) is 24.3 Å². The van der Waals surface area contributed by atoms with E-state index in [-0.39, 0.29) is 50.5 Å². The number of carbonyl (C=O) groups excluding carboxylic acids is 1. The molecule has 3 rings (SSSR count). The highest BCUT2D eigenvalue weighted by Crippen LogP contribution is 2.29. The normalized spacial score (nSPS) is 16.4. The minimum atomic E-state index is -1.54. The van der Waals surface area contributed by atoms with Gasteiger partial charge in [-0.2, -0.15) is 0 Å². The Morgan fingerprint density at radius 3 is 2.35 bits per heavy atom. The molecule has 0 unspecified atom stereocenters. The largest absolute Gasteiger partial charge is 0.481 e. The zero-order valence-electron chi connectivity index (χ0n) is 19.2. The van der Waals surface area contributed by atoms with E-state index < -0.39 is 23.4 Å². The SMILES string of the molecule is Cc1c(CC(=O)O)cc2ccc(F)cc2c1C(=O)N1CCN([C@](N)(CCCCN)C(=O)O)CC1. The van der Waals surface area contributed by atoms with Crippen LogP contribution < -0.4 is 11.5 Å². The first-order valence-corrected chi connectivity index (χ1v) is 11.3. The van der Waals surface area contributed by atoms with Gasteiger partial charge in [-0.3, -0.25) is 14.5 Å². The lowest BCUT2D eigenvalue weighted by molar-refractivity contribution is -0.153. The third kappa shape index (κ3) is 5.19. The average Bonchev–Trinajstić information content (AvgIpc) is 2.79. The van der Waals surface area contributed by atoms with Crippen LogP contribution in [-0.4, -0.2) is 76.2 Å². The number of rotatable bonds is 9. The van der Waals surface area contributed by atoms with Gasteiger partial charge in [-0.1, -0.05) is 12.1 Å². The van der Waals surface area contributed by atoms with Crippen molar-refractivity contribution in [3.63, 3.8) is 0 Å². The summed E-state index contributed by atoms with van der Waals surface area (Å²) in [6.07, 6.45) is 1.23. The molecule has 1 aliphatic heterocycles. The predicted octanol–water partition coefficient (Wildman–Crippen LogP) is 1.54. The van der Waals surface area contributed by atoms with Gasteiger partial charge in [0.05, 0.1) is 12.0 Å². The van der Waals surface area contributed by atoms with Gasteiger partial charge >= 0.3 is 11.9 Å². The Kier molecular flexibility index (Phi) is 7.86. The highest BCUT2D eigenvalue weighted by molar-refractivity contribution is 6.09. The number of benzene rings is 2. The van der Waals surface area contributed by atoms with E-state index >= 15 is 0 Å². The van der Waals surface area contributed by atoms with Gasteiger partial charge < -0.3 is 26.6 Å². The zero-order valence-corrected chi connectivity index (χ0v) is 19.2. The van der Waals surface area contributed by atoms with Crippen molar-refractivity contribution < 1.29 is 29.0 Å². The fourth-order valence-corrected chi connectivity index (χ4v) is 4.56. The van der Waals surface area contributed by atoms with E-state index in [1.165, 1.54) is 18.2 Å². The van der Waals surface area contributed by atoms with Crippen molar-refractivity contribution in [1.29, 1.82) is 0 Å². The summed E-state index contributed by atoms with van der Waals surface area (Å²) in [7, 11) is 0. The maximum absolute atomic E-state index is 14.0. The Hall–Kier alpha value is -3.08. The Morgan fingerprint density at radius 2 is 1.76 bits per heavy atom. The molecule has 0 aliphatic carbocycles. The number of hydrogen-bond acceptors (Lipinski definition) is 6. The summed E-state index contributed by atoms with van der Waals surface area (Å²) in [6, 6.07) is 5.75. The lowest BCUT2D eigenvalue weighted by Crippen LogP contribution is -2.66. The van der Waals surface area contributed by atoms with Crippen LogP contribution in [0.5, 0.6) is 0 Å². The molecule has 1 fully saturated rings. The van der Waals surface area contributed by atoms with Crippen LogP contribution in [0.1, 0.15) is 40.7 Å². The van der Waals surface area contributed by atoms with Gasteiger partial charge in [0.15, 0.2) is 5.66 Å². The average molecular weight is 475 g/mol. The molecule has 0 saturated carbocycles. The molecule has 1 amide bonds. The number of carboxylic acids is 2. The first-order valence-electron chi connectivity index (χ1n) is 11.3. The molecule has 2 aromatic carbocycles. The Morgan fingerprint density at radius 1 is 1.09 bits per heavy atom. The number of carboxylic acid groups (broad SMARTS) is 2. The highest BCUT2D eigenvalue weighted by Gasteiger charge is 2.42. The summed E-state index contributed by atoms with van der Waals surface area (Å²) in [4.78, 5) is 40.1. The third-order valence-corrected chi connectivity index (χ3v) is 6.54. The maximum Gasteiger partial charge on any atom is 0.338 e. The van der Waals surface area contributed by atoms with Crippen LogP contribution in [0.25, 0.3) is 10.8 Å². The van der Waals surface area contributed by atoms with Gasteiger partial charge in [0.2, 0.25) is 0 Å². The van der Waals surface area contributed by atoms with Crippen molar-refractivity contribution in [2.75, 3.05) is 32.7 Å². The molecule has 1 aliphatic rings. The number of piperazine rings is 1.